The normalized spacial score (nSPS) is 13.4. The summed E-state index contributed by atoms with van der Waals surface area (Å²) in [6, 6.07) is 32.9. The number of non-ortho nitro benzene ring substituents is 1. The van der Waals surface area contributed by atoms with Crippen molar-refractivity contribution in [2.75, 3.05) is 6.54 Å². The zero-order valence-corrected chi connectivity index (χ0v) is 31.7. The maximum Gasteiger partial charge on any atom is 0.407 e. The number of nitrogens with zero attached hydrogens (tertiary/aromatic N) is 1. The lowest BCUT2D eigenvalue weighted by Crippen LogP contribution is -2.40. The van der Waals surface area contributed by atoms with Crippen LogP contribution in [0.4, 0.5) is 10.5 Å². The van der Waals surface area contributed by atoms with Crippen LogP contribution < -0.4 is 10.6 Å². The molecule has 0 bridgehead atoms. The highest BCUT2D eigenvalue weighted by atomic mass is 31.2. The van der Waals surface area contributed by atoms with E-state index in [1.165, 1.54) is 36.4 Å². The van der Waals surface area contributed by atoms with Crippen LogP contribution in [0.1, 0.15) is 55.4 Å². The van der Waals surface area contributed by atoms with E-state index in [1.54, 1.807) is 50.2 Å². The second-order valence-electron chi connectivity index (χ2n) is 12.8. The standard InChI is InChI=1S/C41H46N3O10P/c1-31(2)39(43-38(45)26-23-32-21-24-36(25-22-32)44(48)49)55(50,53-30-35-18-10-5-11-19-35)54-37(40(46)51-28-33-14-6-3-7-15-33)20-12-13-27-42-41(47)52-29-34-16-8-4-9-17-34/h3-11,14-19,21-26,31,37,39H,12-13,20,27-30H2,1-2H3,(H,42,47)(H,43,45)/t37?,39-,55?/m0/s1. The molecule has 2 N–H and O–H groups in total. The van der Waals surface area contributed by atoms with Gasteiger partial charge in [-0.3, -0.25) is 24.0 Å². The number of unbranched alkanes of at least 4 members (excludes halogenated alkanes) is 1. The molecule has 2 amide bonds. The van der Waals surface area contributed by atoms with Crippen molar-refractivity contribution in [1.29, 1.82) is 0 Å². The quantitative estimate of drug-likeness (QED) is 0.0209. The fourth-order valence-corrected chi connectivity index (χ4v) is 7.47. The Kier molecular flexibility index (Phi) is 16.8. The molecule has 0 radical (unpaired) electrons. The monoisotopic (exact) mass is 771 g/mol. The van der Waals surface area contributed by atoms with Crippen molar-refractivity contribution in [2.45, 2.75) is 64.8 Å². The molecule has 55 heavy (non-hydrogen) atoms. The maximum atomic E-state index is 15.0. The van der Waals surface area contributed by atoms with Gasteiger partial charge in [-0.25, -0.2) is 9.59 Å². The summed E-state index contributed by atoms with van der Waals surface area (Å²) in [4.78, 5) is 49.7. The molecule has 0 saturated heterocycles. The number of nitro groups is 1. The topological polar surface area (TPSA) is 172 Å². The number of hydrogen-bond acceptors (Lipinski definition) is 10. The van der Waals surface area contributed by atoms with Gasteiger partial charge in [0.25, 0.3) is 5.69 Å². The van der Waals surface area contributed by atoms with Gasteiger partial charge >= 0.3 is 19.7 Å². The predicted octanol–water partition coefficient (Wildman–Crippen LogP) is 8.34. The third kappa shape index (κ3) is 14.6. The van der Waals surface area contributed by atoms with Crippen LogP contribution in [0.2, 0.25) is 0 Å². The highest BCUT2D eigenvalue weighted by Crippen LogP contribution is 2.56. The van der Waals surface area contributed by atoms with Gasteiger partial charge in [-0.2, -0.15) is 0 Å². The number of rotatable bonds is 21. The third-order valence-electron chi connectivity index (χ3n) is 8.18. The van der Waals surface area contributed by atoms with Crippen molar-refractivity contribution in [1.82, 2.24) is 10.6 Å². The minimum atomic E-state index is -4.36. The van der Waals surface area contributed by atoms with E-state index in [0.29, 0.717) is 24.0 Å². The Hall–Kier alpha value is -5.62. The van der Waals surface area contributed by atoms with Crippen molar-refractivity contribution in [2.24, 2.45) is 5.92 Å². The molecule has 3 atom stereocenters. The molecule has 290 valence electrons. The SMILES string of the molecule is CC(C)[C@@H](NC(=O)C=Cc1ccc([N+](=O)[O-])cc1)P(=O)(OCc1ccccc1)OC(CCCCNC(=O)OCc1ccccc1)C(=O)OCc1ccccc1. The molecule has 0 spiro atoms. The third-order valence-corrected chi connectivity index (χ3v) is 10.6. The number of esters is 1. The summed E-state index contributed by atoms with van der Waals surface area (Å²) in [7, 11) is -4.36. The van der Waals surface area contributed by atoms with Crippen LogP contribution in [-0.4, -0.2) is 41.3 Å². The number of nitrogens with one attached hydrogen (secondary N) is 2. The van der Waals surface area contributed by atoms with Crippen molar-refractivity contribution < 1.29 is 42.4 Å². The number of hydrogen-bond donors (Lipinski definition) is 2. The predicted molar refractivity (Wildman–Crippen MR) is 207 cm³/mol. The number of carbonyl (C=O) groups is 3. The van der Waals surface area contributed by atoms with Gasteiger partial charge in [0, 0.05) is 24.8 Å². The molecule has 4 rings (SSSR count). The number of amides is 2. The number of carbonyl (C=O) groups excluding carboxylic acids is 3. The first kappa shape index (κ1) is 42.1. The first-order valence-corrected chi connectivity index (χ1v) is 19.5. The van der Waals surface area contributed by atoms with Gasteiger partial charge in [-0.15, -0.1) is 0 Å². The van der Waals surface area contributed by atoms with E-state index in [4.69, 9.17) is 18.5 Å². The molecule has 4 aromatic carbocycles. The Morgan fingerprint density at radius 1 is 0.764 bits per heavy atom. The van der Waals surface area contributed by atoms with Crippen molar-refractivity contribution in [3.05, 3.63) is 154 Å². The summed E-state index contributed by atoms with van der Waals surface area (Å²) in [6.45, 7) is 3.64. The highest BCUT2D eigenvalue weighted by molar-refractivity contribution is 7.54. The average molecular weight is 772 g/mol. The Morgan fingerprint density at radius 3 is 1.85 bits per heavy atom. The summed E-state index contributed by atoms with van der Waals surface area (Å²) in [6.07, 6.45) is 1.58. The van der Waals surface area contributed by atoms with E-state index in [0.717, 1.165) is 11.1 Å². The van der Waals surface area contributed by atoms with Gasteiger partial charge in [0.15, 0.2) is 6.10 Å². The number of nitro benzene ring substituents is 1. The first-order valence-electron chi connectivity index (χ1n) is 17.9. The highest BCUT2D eigenvalue weighted by Gasteiger charge is 2.43. The van der Waals surface area contributed by atoms with E-state index in [2.05, 4.69) is 10.6 Å². The zero-order chi connectivity index (χ0) is 39.5. The minimum absolute atomic E-state index is 0.0543. The molecule has 0 heterocycles. The molecular formula is C41H46N3O10P. The average Bonchev–Trinajstić information content (AvgIpc) is 3.20. The second-order valence-corrected chi connectivity index (χ2v) is 15.0. The molecule has 0 aliphatic rings. The number of benzene rings is 4. The van der Waals surface area contributed by atoms with Crippen LogP contribution in [0.5, 0.6) is 0 Å². The summed E-state index contributed by atoms with van der Waals surface area (Å²) >= 11 is 0. The van der Waals surface area contributed by atoms with Gasteiger partial charge < -0.3 is 24.6 Å². The van der Waals surface area contributed by atoms with Gasteiger partial charge in [0.2, 0.25) is 5.91 Å². The van der Waals surface area contributed by atoms with Gasteiger partial charge in [-0.1, -0.05) is 105 Å². The van der Waals surface area contributed by atoms with E-state index < -0.39 is 48.3 Å². The van der Waals surface area contributed by atoms with E-state index in [-0.39, 0.29) is 38.5 Å². The van der Waals surface area contributed by atoms with Crippen LogP contribution in [0.15, 0.2) is 121 Å². The Bertz CT molecular complexity index is 1890. The Balaban J connectivity index is 1.49. The molecule has 0 aliphatic heterocycles. The lowest BCUT2D eigenvalue weighted by atomic mass is 10.1. The molecule has 0 aromatic heterocycles. The van der Waals surface area contributed by atoms with Crippen molar-refractivity contribution >= 4 is 37.3 Å². The van der Waals surface area contributed by atoms with Crippen molar-refractivity contribution in [3.63, 3.8) is 0 Å². The van der Waals surface area contributed by atoms with Crippen LogP contribution in [0.3, 0.4) is 0 Å². The van der Waals surface area contributed by atoms with Gasteiger partial charge in [0.1, 0.15) is 19.0 Å². The molecule has 14 heteroatoms. The summed E-state index contributed by atoms with van der Waals surface area (Å²) in [5.74, 6) is -3.09. The molecule has 0 aliphatic carbocycles. The van der Waals surface area contributed by atoms with Gasteiger partial charge in [0.05, 0.1) is 11.5 Å². The van der Waals surface area contributed by atoms with E-state index >= 15 is 0 Å². The van der Waals surface area contributed by atoms with Crippen LogP contribution in [-0.2, 0) is 52.5 Å². The summed E-state index contributed by atoms with van der Waals surface area (Å²) in [5.41, 5.74) is 2.71. The Morgan fingerprint density at radius 2 is 1.31 bits per heavy atom. The minimum Gasteiger partial charge on any atom is -0.459 e. The molecule has 2 unspecified atom stereocenters. The molecular weight excluding hydrogens is 725 g/mol. The van der Waals surface area contributed by atoms with E-state index in [1.807, 2.05) is 54.6 Å². The second kappa shape index (κ2) is 21.9. The molecule has 0 fully saturated rings. The Labute approximate surface area is 320 Å². The lowest BCUT2D eigenvalue weighted by molar-refractivity contribution is -0.384. The van der Waals surface area contributed by atoms with Gasteiger partial charge in [-0.05, 0) is 65.6 Å². The van der Waals surface area contributed by atoms with Crippen LogP contribution in [0, 0.1) is 16.0 Å². The summed E-state index contributed by atoms with van der Waals surface area (Å²) in [5, 5.41) is 16.5. The largest absolute Gasteiger partial charge is 0.459 e. The van der Waals surface area contributed by atoms with Crippen LogP contribution in [0.25, 0.3) is 6.08 Å². The summed E-state index contributed by atoms with van der Waals surface area (Å²) < 4.78 is 38.1. The number of alkyl carbamates (subject to hydrolysis) is 1. The lowest BCUT2D eigenvalue weighted by Gasteiger charge is -2.32. The fourth-order valence-electron chi connectivity index (χ4n) is 5.23. The molecule has 4 aromatic rings. The zero-order valence-electron chi connectivity index (χ0n) is 30.8. The number of ether oxygens (including phenoxy) is 2. The molecule has 0 saturated carbocycles. The smallest absolute Gasteiger partial charge is 0.407 e. The first-order chi connectivity index (χ1) is 26.5. The van der Waals surface area contributed by atoms with Crippen molar-refractivity contribution in [3.8, 4) is 0 Å². The van der Waals surface area contributed by atoms with Crippen LogP contribution >= 0.6 is 7.60 Å². The molecule has 13 nitrogen and oxygen atoms in total. The van der Waals surface area contributed by atoms with E-state index in [9.17, 15) is 29.1 Å². The maximum absolute atomic E-state index is 15.0. The fraction of sp³-hybridized carbons (Fsp3) is 0.293.